The number of amides is 1. The Bertz CT molecular complexity index is 1310. The van der Waals surface area contributed by atoms with E-state index in [1.165, 1.54) is 5.56 Å². The Hall–Kier alpha value is -2.68. The lowest BCUT2D eigenvalue weighted by molar-refractivity contribution is -0.117. The monoisotopic (exact) mass is 524 g/mol. The predicted molar refractivity (Wildman–Crippen MR) is 151 cm³/mol. The zero-order valence-corrected chi connectivity index (χ0v) is 23.1. The standard InChI is InChI=1S/C29H40N4O3S/c1-4-32(21(2)3)13-8-16-37(35,36)33-14-11-23(12-15-33)27-20-31-29-25(19-28(30)34)17-24(18-26(27)29)22-9-6-5-7-10-22/h5-7,9-10,17-18,20-21,23,31H,4,8,11-16,19H2,1-3H3,(H2,30,34). The molecule has 0 unspecified atom stereocenters. The lowest BCUT2D eigenvalue weighted by Crippen LogP contribution is -2.40. The van der Waals surface area contributed by atoms with Crippen molar-refractivity contribution in [1.29, 1.82) is 0 Å². The molecule has 4 rings (SSSR count). The van der Waals surface area contributed by atoms with Crippen LogP contribution in [0.15, 0.2) is 48.7 Å². The molecule has 1 amide bonds. The summed E-state index contributed by atoms with van der Waals surface area (Å²) in [5, 5.41) is 1.09. The summed E-state index contributed by atoms with van der Waals surface area (Å²) >= 11 is 0. The number of hydrogen-bond acceptors (Lipinski definition) is 4. The molecule has 1 aliphatic heterocycles. The second kappa shape index (κ2) is 11.8. The van der Waals surface area contributed by atoms with E-state index in [4.69, 9.17) is 5.73 Å². The number of sulfonamides is 1. The minimum Gasteiger partial charge on any atom is -0.369 e. The molecule has 1 saturated heterocycles. The second-order valence-corrected chi connectivity index (χ2v) is 12.5. The van der Waals surface area contributed by atoms with Crippen LogP contribution < -0.4 is 5.73 Å². The Kier molecular flexibility index (Phi) is 8.72. The van der Waals surface area contributed by atoms with Crippen molar-refractivity contribution >= 4 is 26.8 Å². The number of nitrogens with one attached hydrogen (secondary N) is 1. The first-order valence-electron chi connectivity index (χ1n) is 13.4. The maximum atomic E-state index is 13.0. The topological polar surface area (TPSA) is 99.5 Å². The Labute approximate surface area is 221 Å². The lowest BCUT2D eigenvalue weighted by Gasteiger charge is -2.31. The molecule has 3 aromatic rings. The van der Waals surface area contributed by atoms with E-state index in [0.717, 1.165) is 53.5 Å². The van der Waals surface area contributed by atoms with E-state index in [1.54, 1.807) is 4.31 Å². The van der Waals surface area contributed by atoms with Gasteiger partial charge in [0.2, 0.25) is 15.9 Å². The molecule has 7 nitrogen and oxygen atoms in total. The van der Waals surface area contributed by atoms with E-state index in [-0.39, 0.29) is 24.0 Å². The number of aromatic nitrogens is 1. The van der Waals surface area contributed by atoms with Gasteiger partial charge in [0.25, 0.3) is 0 Å². The Morgan fingerprint density at radius 1 is 1.14 bits per heavy atom. The first kappa shape index (κ1) is 27.4. The first-order valence-corrected chi connectivity index (χ1v) is 15.0. The molecule has 0 aliphatic carbocycles. The molecular weight excluding hydrogens is 484 g/mol. The average molecular weight is 525 g/mol. The van der Waals surface area contributed by atoms with Crippen LogP contribution in [0.2, 0.25) is 0 Å². The fourth-order valence-electron chi connectivity index (χ4n) is 5.60. The second-order valence-electron chi connectivity index (χ2n) is 10.4. The zero-order valence-electron chi connectivity index (χ0n) is 22.2. The van der Waals surface area contributed by atoms with Gasteiger partial charge in [0.1, 0.15) is 0 Å². The summed E-state index contributed by atoms with van der Waals surface area (Å²) in [7, 11) is -3.26. The van der Waals surface area contributed by atoms with Crippen LogP contribution in [0.25, 0.3) is 22.0 Å². The minimum atomic E-state index is -3.26. The van der Waals surface area contributed by atoms with Gasteiger partial charge in [-0.1, -0.05) is 37.3 Å². The Morgan fingerprint density at radius 2 is 1.84 bits per heavy atom. The van der Waals surface area contributed by atoms with E-state index < -0.39 is 10.0 Å². The number of rotatable bonds is 11. The van der Waals surface area contributed by atoms with Gasteiger partial charge in [-0.25, -0.2) is 12.7 Å². The first-order chi connectivity index (χ1) is 17.7. The van der Waals surface area contributed by atoms with Crippen molar-refractivity contribution < 1.29 is 13.2 Å². The molecule has 8 heteroatoms. The lowest BCUT2D eigenvalue weighted by atomic mass is 9.88. The molecule has 1 aliphatic rings. The molecule has 0 radical (unpaired) electrons. The Morgan fingerprint density at radius 3 is 2.46 bits per heavy atom. The van der Waals surface area contributed by atoms with E-state index in [9.17, 15) is 13.2 Å². The third-order valence-corrected chi connectivity index (χ3v) is 9.60. The Balaban J connectivity index is 1.50. The van der Waals surface area contributed by atoms with Crippen LogP contribution in [-0.4, -0.2) is 66.5 Å². The van der Waals surface area contributed by atoms with Gasteiger partial charge in [0, 0.05) is 36.2 Å². The van der Waals surface area contributed by atoms with Crippen molar-refractivity contribution in [2.75, 3.05) is 31.9 Å². The average Bonchev–Trinajstić information content (AvgIpc) is 3.31. The molecule has 0 saturated carbocycles. The van der Waals surface area contributed by atoms with Crippen LogP contribution in [-0.2, 0) is 21.2 Å². The number of nitrogens with two attached hydrogens (primary N) is 1. The number of primary amides is 1. The number of benzene rings is 2. The molecule has 3 N–H and O–H groups in total. The van der Waals surface area contributed by atoms with Crippen LogP contribution >= 0.6 is 0 Å². The van der Waals surface area contributed by atoms with Crippen molar-refractivity contribution in [2.24, 2.45) is 5.73 Å². The van der Waals surface area contributed by atoms with Crippen molar-refractivity contribution in [1.82, 2.24) is 14.2 Å². The van der Waals surface area contributed by atoms with Gasteiger partial charge >= 0.3 is 0 Å². The van der Waals surface area contributed by atoms with Crippen molar-refractivity contribution in [3.8, 4) is 11.1 Å². The van der Waals surface area contributed by atoms with E-state index in [0.29, 0.717) is 25.6 Å². The zero-order chi connectivity index (χ0) is 26.6. The van der Waals surface area contributed by atoms with E-state index in [1.807, 2.05) is 30.5 Å². The minimum absolute atomic E-state index is 0.167. The summed E-state index contributed by atoms with van der Waals surface area (Å²) in [4.78, 5) is 17.5. The largest absolute Gasteiger partial charge is 0.369 e. The number of H-pyrrole nitrogens is 1. The fraction of sp³-hybridized carbons (Fsp3) is 0.483. The predicted octanol–water partition coefficient (Wildman–Crippen LogP) is 4.49. The molecule has 0 spiro atoms. The van der Waals surface area contributed by atoms with Gasteiger partial charge in [-0.15, -0.1) is 0 Å². The van der Waals surface area contributed by atoms with Gasteiger partial charge in [0.15, 0.2) is 0 Å². The number of carbonyl (C=O) groups excluding carboxylic acids is 1. The third kappa shape index (κ3) is 6.43. The summed E-state index contributed by atoms with van der Waals surface area (Å²) in [6.07, 6.45) is 4.41. The van der Waals surface area contributed by atoms with Gasteiger partial charge in [-0.2, -0.15) is 0 Å². The highest BCUT2D eigenvalue weighted by molar-refractivity contribution is 7.89. The summed E-state index contributed by atoms with van der Waals surface area (Å²) < 4.78 is 27.8. The molecular formula is C29H40N4O3S. The van der Waals surface area contributed by atoms with Crippen LogP contribution in [0.1, 0.15) is 57.1 Å². The summed E-state index contributed by atoms with van der Waals surface area (Å²) in [5.41, 5.74) is 10.7. The van der Waals surface area contributed by atoms with E-state index in [2.05, 4.69) is 48.9 Å². The van der Waals surface area contributed by atoms with Crippen LogP contribution in [0.4, 0.5) is 0 Å². The smallest absolute Gasteiger partial charge is 0.221 e. The number of piperidine rings is 1. The molecule has 1 fully saturated rings. The summed E-state index contributed by atoms with van der Waals surface area (Å²) in [6, 6.07) is 14.8. The third-order valence-electron chi connectivity index (χ3n) is 7.65. The molecule has 37 heavy (non-hydrogen) atoms. The number of fused-ring (bicyclic) bond motifs is 1. The normalized spacial score (nSPS) is 15.7. The van der Waals surface area contributed by atoms with Crippen LogP contribution in [0, 0.1) is 0 Å². The number of aromatic amines is 1. The molecule has 1 aromatic heterocycles. The van der Waals surface area contributed by atoms with E-state index >= 15 is 0 Å². The SMILES string of the molecule is CCN(CCCS(=O)(=O)N1CCC(c2c[nH]c3c(CC(N)=O)cc(-c4ccccc4)cc23)CC1)C(C)C. The van der Waals surface area contributed by atoms with Gasteiger partial charge in [-0.05, 0) is 86.5 Å². The van der Waals surface area contributed by atoms with Crippen molar-refractivity contribution in [3.05, 3.63) is 59.8 Å². The van der Waals surface area contributed by atoms with Gasteiger partial charge in [0.05, 0.1) is 12.2 Å². The summed E-state index contributed by atoms with van der Waals surface area (Å²) in [6.45, 7) is 9.21. The quantitative estimate of drug-likeness (QED) is 0.386. The maximum Gasteiger partial charge on any atom is 0.221 e. The van der Waals surface area contributed by atoms with Crippen molar-refractivity contribution in [3.63, 3.8) is 0 Å². The number of carbonyl (C=O) groups is 1. The molecule has 0 bridgehead atoms. The maximum absolute atomic E-state index is 13.0. The highest BCUT2D eigenvalue weighted by Gasteiger charge is 2.30. The van der Waals surface area contributed by atoms with Gasteiger partial charge in [-0.3, -0.25) is 4.79 Å². The number of nitrogens with zero attached hydrogens (tertiary/aromatic N) is 2. The highest BCUT2D eigenvalue weighted by Crippen LogP contribution is 2.37. The van der Waals surface area contributed by atoms with Gasteiger partial charge < -0.3 is 15.6 Å². The van der Waals surface area contributed by atoms with Crippen LogP contribution in [0.5, 0.6) is 0 Å². The molecule has 2 aromatic carbocycles. The molecule has 0 atom stereocenters. The fourth-order valence-corrected chi connectivity index (χ4v) is 7.11. The molecule has 2 heterocycles. The molecule has 200 valence electrons. The van der Waals surface area contributed by atoms with Crippen molar-refractivity contribution in [2.45, 2.75) is 58.4 Å². The summed E-state index contributed by atoms with van der Waals surface area (Å²) in [5.74, 6) is 0.0889. The highest BCUT2D eigenvalue weighted by atomic mass is 32.2. The number of hydrogen-bond donors (Lipinski definition) is 2. The van der Waals surface area contributed by atoms with Crippen LogP contribution in [0.3, 0.4) is 0 Å².